The van der Waals surface area contributed by atoms with Gasteiger partial charge in [0.05, 0.1) is 11.9 Å². The molecule has 0 bridgehead atoms. The Labute approximate surface area is 107 Å². The van der Waals surface area contributed by atoms with Crippen LogP contribution in [0, 0.1) is 5.92 Å². The summed E-state index contributed by atoms with van der Waals surface area (Å²) in [7, 11) is 0. The molecule has 2 N–H and O–H groups in total. The van der Waals surface area contributed by atoms with E-state index >= 15 is 0 Å². The summed E-state index contributed by atoms with van der Waals surface area (Å²) in [6.07, 6.45) is 5.41. The zero-order chi connectivity index (χ0) is 12.9. The summed E-state index contributed by atoms with van der Waals surface area (Å²) in [6, 6.07) is 1.98. The molecular weight excluding hydrogens is 224 g/mol. The zero-order valence-electron chi connectivity index (χ0n) is 11.3. The molecule has 18 heavy (non-hydrogen) atoms. The Bertz CT molecular complexity index is 593. The van der Waals surface area contributed by atoms with E-state index in [1.807, 2.05) is 12.3 Å². The fourth-order valence-corrected chi connectivity index (χ4v) is 2.63. The standard InChI is InChI=1S/C14H20N4/c1-4-9-8-16-18-12(15)7-11(17-13(9)18)14(2,3)10-5-6-10/h7-8,10H,4-6,15H2,1-3H3. The number of hydrogen-bond donors (Lipinski definition) is 1. The van der Waals surface area contributed by atoms with Crippen molar-refractivity contribution in [1.29, 1.82) is 0 Å². The molecule has 0 amide bonds. The monoisotopic (exact) mass is 244 g/mol. The van der Waals surface area contributed by atoms with Crippen molar-refractivity contribution >= 4 is 11.5 Å². The number of nitrogen functional groups attached to an aromatic ring is 1. The molecule has 0 saturated heterocycles. The van der Waals surface area contributed by atoms with Crippen LogP contribution in [0.25, 0.3) is 5.65 Å². The van der Waals surface area contributed by atoms with E-state index in [1.54, 1.807) is 4.52 Å². The molecule has 2 heterocycles. The van der Waals surface area contributed by atoms with Crippen molar-refractivity contribution in [2.24, 2.45) is 5.92 Å². The average molecular weight is 244 g/mol. The number of anilines is 1. The van der Waals surface area contributed by atoms with E-state index in [1.165, 1.54) is 12.8 Å². The first-order chi connectivity index (χ1) is 8.54. The van der Waals surface area contributed by atoms with Gasteiger partial charge in [0, 0.05) is 17.0 Å². The third-order valence-corrected chi connectivity index (χ3v) is 4.21. The molecule has 0 atom stereocenters. The number of rotatable bonds is 3. The maximum absolute atomic E-state index is 6.10. The van der Waals surface area contributed by atoms with Crippen LogP contribution in [0.3, 0.4) is 0 Å². The molecule has 1 saturated carbocycles. The van der Waals surface area contributed by atoms with Gasteiger partial charge in [-0.3, -0.25) is 0 Å². The highest BCUT2D eigenvalue weighted by molar-refractivity contribution is 5.53. The van der Waals surface area contributed by atoms with E-state index in [2.05, 4.69) is 25.9 Å². The third kappa shape index (κ3) is 1.59. The minimum Gasteiger partial charge on any atom is -0.384 e. The Morgan fingerprint density at radius 1 is 1.44 bits per heavy atom. The van der Waals surface area contributed by atoms with Crippen molar-refractivity contribution in [2.45, 2.75) is 45.4 Å². The van der Waals surface area contributed by atoms with Crippen molar-refractivity contribution in [2.75, 3.05) is 5.73 Å². The fourth-order valence-electron chi connectivity index (χ4n) is 2.63. The number of aryl methyl sites for hydroxylation is 1. The summed E-state index contributed by atoms with van der Waals surface area (Å²) in [5.41, 5.74) is 9.40. The van der Waals surface area contributed by atoms with Crippen LogP contribution in [0.15, 0.2) is 12.3 Å². The van der Waals surface area contributed by atoms with Gasteiger partial charge in [0.15, 0.2) is 5.65 Å². The van der Waals surface area contributed by atoms with Crippen LogP contribution in [0.2, 0.25) is 0 Å². The molecule has 2 aromatic rings. The highest BCUT2D eigenvalue weighted by atomic mass is 15.3. The summed E-state index contributed by atoms with van der Waals surface area (Å²) in [4.78, 5) is 4.82. The van der Waals surface area contributed by atoms with E-state index in [0.29, 0.717) is 5.82 Å². The van der Waals surface area contributed by atoms with E-state index in [9.17, 15) is 0 Å². The van der Waals surface area contributed by atoms with Gasteiger partial charge in [0.25, 0.3) is 0 Å². The van der Waals surface area contributed by atoms with Crippen molar-refractivity contribution < 1.29 is 0 Å². The molecule has 1 fully saturated rings. The normalized spacial score (nSPS) is 16.4. The molecule has 0 unspecified atom stereocenters. The number of nitrogens with zero attached hydrogens (tertiary/aromatic N) is 3. The van der Waals surface area contributed by atoms with Crippen LogP contribution >= 0.6 is 0 Å². The predicted octanol–water partition coefficient (Wildman–Crippen LogP) is 2.56. The molecule has 2 aromatic heterocycles. The second kappa shape index (κ2) is 3.70. The summed E-state index contributed by atoms with van der Waals surface area (Å²) in [6.45, 7) is 6.66. The van der Waals surface area contributed by atoms with Crippen LogP contribution in [-0.2, 0) is 11.8 Å². The lowest BCUT2D eigenvalue weighted by molar-refractivity contribution is 0.441. The number of fused-ring (bicyclic) bond motifs is 1. The number of aromatic nitrogens is 3. The topological polar surface area (TPSA) is 56.2 Å². The van der Waals surface area contributed by atoms with Gasteiger partial charge < -0.3 is 5.73 Å². The molecule has 0 aliphatic heterocycles. The van der Waals surface area contributed by atoms with Crippen LogP contribution in [-0.4, -0.2) is 14.6 Å². The molecule has 1 aliphatic carbocycles. The van der Waals surface area contributed by atoms with E-state index in [-0.39, 0.29) is 5.41 Å². The number of hydrogen-bond acceptors (Lipinski definition) is 3. The van der Waals surface area contributed by atoms with Gasteiger partial charge >= 0.3 is 0 Å². The zero-order valence-corrected chi connectivity index (χ0v) is 11.3. The van der Waals surface area contributed by atoms with Gasteiger partial charge in [-0.25, -0.2) is 4.98 Å². The molecule has 0 radical (unpaired) electrons. The van der Waals surface area contributed by atoms with E-state index in [0.717, 1.165) is 29.2 Å². The van der Waals surface area contributed by atoms with Gasteiger partial charge in [-0.2, -0.15) is 9.61 Å². The highest BCUT2D eigenvalue weighted by Crippen LogP contribution is 2.46. The molecule has 3 rings (SSSR count). The van der Waals surface area contributed by atoms with Crippen molar-refractivity contribution in [3.05, 3.63) is 23.5 Å². The van der Waals surface area contributed by atoms with Crippen molar-refractivity contribution in [1.82, 2.24) is 14.6 Å². The molecule has 4 heteroatoms. The molecule has 0 aromatic carbocycles. The van der Waals surface area contributed by atoms with Gasteiger partial charge in [-0.15, -0.1) is 0 Å². The summed E-state index contributed by atoms with van der Waals surface area (Å²) < 4.78 is 1.74. The van der Waals surface area contributed by atoms with Crippen molar-refractivity contribution in [3.63, 3.8) is 0 Å². The maximum atomic E-state index is 6.10. The molecule has 4 nitrogen and oxygen atoms in total. The van der Waals surface area contributed by atoms with Crippen molar-refractivity contribution in [3.8, 4) is 0 Å². The van der Waals surface area contributed by atoms with Gasteiger partial charge in [0.1, 0.15) is 5.82 Å². The first-order valence-electron chi connectivity index (χ1n) is 6.67. The SMILES string of the molecule is CCc1cnn2c(N)cc(C(C)(C)C3CC3)nc12. The largest absolute Gasteiger partial charge is 0.384 e. The highest BCUT2D eigenvalue weighted by Gasteiger charge is 2.40. The lowest BCUT2D eigenvalue weighted by Crippen LogP contribution is -2.22. The fraction of sp³-hybridized carbons (Fsp3) is 0.571. The second-order valence-corrected chi connectivity index (χ2v) is 5.82. The molecule has 96 valence electrons. The molecule has 1 aliphatic rings. The molecule has 0 spiro atoms. The van der Waals surface area contributed by atoms with Gasteiger partial charge in [-0.1, -0.05) is 20.8 Å². The maximum Gasteiger partial charge on any atom is 0.160 e. The van der Waals surface area contributed by atoms with Gasteiger partial charge in [-0.05, 0) is 25.2 Å². The molecular formula is C14H20N4. The Balaban J connectivity index is 2.18. The van der Waals surface area contributed by atoms with E-state index in [4.69, 9.17) is 10.7 Å². The third-order valence-electron chi connectivity index (χ3n) is 4.21. The first kappa shape index (κ1) is 11.5. The Hall–Kier alpha value is -1.58. The predicted molar refractivity (Wildman–Crippen MR) is 72.5 cm³/mol. The van der Waals surface area contributed by atoms with Gasteiger partial charge in [0.2, 0.25) is 0 Å². The lowest BCUT2D eigenvalue weighted by Gasteiger charge is -2.24. The smallest absolute Gasteiger partial charge is 0.160 e. The Morgan fingerprint density at radius 2 is 2.17 bits per heavy atom. The summed E-state index contributed by atoms with van der Waals surface area (Å²) >= 11 is 0. The van der Waals surface area contributed by atoms with E-state index < -0.39 is 0 Å². The van der Waals surface area contributed by atoms with Crippen LogP contribution in [0.1, 0.15) is 44.9 Å². The Morgan fingerprint density at radius 3 is 2.78 bits per heavy atom. The average Bonchev–Trinajstić information content (AvgIpc) is 3.10. The van der Waals surface area contributed by atoms with Crippen LogP contribution < -0.4 is 5.73 Å². The Kier molecular flexibility index (Phi) is 2.37. The first-order valence-corrected chi connectivity index (χ1v) is 6.67. The van der Waals surface area contributed by atoms with Crippen LogP contribution in [0.5, 0.6) is 0 Å². The number of nitrogens with two attached hydrogens (primary N) is 1. The second-order valence-electron chi connectivity index (χ2n) is 5.82. The quantitative estimate of drug-likeness (QED) is 0.902. The summed E-state index contributed by atoms with van der Waals surface area (Å²) in [5.74, 6) is 1.43. The van der Waals surface area contributed by atoms with Crippen LogP contribution in [0.4, 0.5) is 5.82 Å². The minimum atomic E-state index is 0.116. The minimum absolute atomic E-state index is 0.116. The lowest BCUT2D eigenvalue weighted by atomic mass is 9.83. The summed E-state index contributed by atoms with van der Waals surface area (Å²) in [5, 5.41) is 4.30.